The van der Waals surface area contributed by atoms with E-state index in [1.54, 1.807) is 17.4 Å². The lowest BCUT2D eigenvalue weighted by Crippen LogP contribution is -1.84. The van der Waals surface area contributed by atoms with E-state index in [9.17, 15) is 5.11 Å². The van der Waals surface area contributed by atoms with E-state index in [-0.39, 0.29) is 5.75 Å². The van der Waals surface area contributed by atoms with Crippen LogP contribution >= 0.6 is 11.3 Å². The van der Waals surface area contributed by atoms with Gasteiger partial charge in [0.2, 0.25) is 0 Å². The highest BCUT2D eigenvalue weighted by Gasteiger charge is 2.02. The molecule has 4 aromatic rings. The molecule has 124 valence electrons. The van der Waals surface area contributed by atoms with Gasteiger partial charge in [-0.3, -0.25) is 0 Å². The van der Waals surface area contributed by atoms with Gasteiger partial charge in [0.05, 0.1) is 10.6 Å². The SMILES string of the molecule is Oc1cccc2ccc(/C=C/c3ccsc3C#Cc3ccccc3)nc12. The van der Waals surface area contributed by atoms with Crippen molar-refractivity contribution in [1.29, 1.82) is 0 Å². The molecule has 26 heavy (non-hydrogen) atoms. The third kappa shape index (κ3) is 3.51. The van der Waals surface area contributed by atoms with Gasteiger partial charge in [-0.2, -0.15) is 0 Å². The Hall–Kier alpha value is -3.35. The van der Waals surface area contributed by atoms with Crippen molar-refractivity contribution in [3.05, 3.63) is 93.8 Å². The largest absolute Gasteiger partial charge is 0.506 e. The Morgan fingerprint density at radius 3 is 2.62 bits per heavy atom. The summed E-state index contributed by atoms with van der Waals surface area (Å²) in [4.78, 5) is 5.55. The van der Waals surface area contributed by atoms with E-state index in [0.29, 0.717) is 5.52 Å². The number of fused-ring (bicyclic) bond motifs is 1. The van der Waals surface area contributed by atoms with Crippen LogP contribution < -0.4 is 0 Å². The quantitative estimate of drug-likeness (QED) is 0.478. The van der Waals surface area contributed by atoms with Crippen LogP contribution in [0.3, 0.4) is 0 Å². The lowest BCUT2D eigenvalue weighted by molar-refractivity contribution is 0.480. The second-order valence-corrected chi connectivity index (χ2v) is 6.66. The Bertz CT molecular complexity index is 1150. The maximum absolute atomic E-state index is 9.97. The number of rotatable bonds is 2. The zero-order valence-electron chi connectivity index (χ0n) is 13.9. The molecule has 2 aromatic heterocycles. The average molecular weight is 353 g/mol. The van der Waals surface area contributed by atoms with Gasteiger partial charge in [-0.15, -0.1) is 11.3 Å². The van der Waals surface area contributed by atoms with Crippen molar-refractivity contribution in [2.45, 2.75) is 0 Å². The monoisotopic (exact) mass is 353 g/mol. The molecular weight excluding hydrogens is 338 g/mol. The Morgan fingerprint density at radius 1 is 0.846 bits per heavy atom. The topological polar surface area (TPSA) is 33.1 Å². The van der Waals surface area contributed by atoms with Gasteiger partial charge in [-0.05, 0) is 41.8 Å². The van der Waals surface area contributed by atoms with Crippen LogP contribution in [0.4, 0.5) is 0 Å². The summed E-state index contributed by atoms with van der Waals surface area (Å²) in [6.45, 7) is 0. The van der Waals surface area contributed by atoms with E-state index in [2.05, 4.69) is 22.9 Å². The number of para-hydroxylation sites is 1. The molecule has 0 saturated heterocycles. The molecule has 3 heteroatoms. The zero-order valence-corrected chi connectivity index (χ0v) is 14.7. The van der Waals surface area contributed by atoms with Gasteiger partial charge in [0.25, 0.3) is 0 Å². The number of phenolic OH excluding ortho intramolecular Hbond substituents is 1. The number of thiophene rings is 1. The van der Waals surface area contributed by atoms with Gasteiger partial charge < -0.3 is 5.11 Å². The van der Waals surface area contributed by atoms with Crippen molar-refractivity contribution in [2.24, 2.45) is 0 Å². The first-order valence-corrected chi connectivity index (χ1v) is 9.09. The van der Waals surface area contributed by atoms with Crippen molar-refractivity contribution in [3.8, 4) is 17.6 Å². The van der Waals surface area contributed by atoms with Gasteiger partial charge in [-0.1, -0.05) is 54.3 Å². The molecular formula is C23H15NOS. The van der Waals surface area contributed by atoms with E-state index in [1.807, 2.05) is 72.1 Å². The van der Waals surface area contributed by atoms with Crippen LogP contribution in [0.5, 0.6) is 5.75 Å². The Kier molecular flexibility index (Phi) is 4.51. The highest BCUT2D eigenvalue weighted by Crippen LogP contribution is 2.23. The molecule has 0 bridgehead atoms. The Labute approximate surface area is 156 Å². The molecule has 0 aliphatic heterocycles. The molecule has 0 amide bonds. The van der Waals surface area contributed by atoms with Crippen molar-refractivity contribution in [3.63, 3.8) is 0 Å². The number of aromatic nitrogens is 1. The summed E-state index contributed by atoms with van der Waals surface area (Å²) in [5, 5.41) is 12.9. The second-order valence-electron chi connectivity index (χ2n) is 5.74. The van der Waals surface area contributed by atoms with E-state index >= 15 is 0 Å². The van der Waals surface area contributed by atoms with Gasteiger partial charge in [0.15, 0.2) is 0 Å². The molecule has 2 nitrogen and oxygen atoms in total. The number of nitrogens with zero attached hydrogens (tertiary/aromatic N) is 1. The molecule has 0 aliphatic carbocycles. The molecule has 0 spiro atoms. The summed E-state index contributed by atoms with van der Waals surface area (Å²) < 4.78 is 0. The average Bonchev–Trinajstić information content (AvgIpc) is 3.13. The molecule has 4 rings (SSSR count). The lowest BCUT2D eigenvalue weighted by atomic mass is 10.1. The van der Waals surface area contributed by atoms with E-state index in [1.165, 1.54) is 0 Å². The van der Waals surface area contributed by atoms with Gasteiger partial charge in [0, 0.05) is 16.5 Å². The van der Waals surface area contributed by atoms with Crippen LogP contribution in [0.2, 0.25) is 0 Å². The van der Waals surface area contributed by atoms with Crippen LogP contribution in [0.15, 0.2) is 72.1 Å². The summed E-state index contributed by atoms with van der Waals surface area (Å²) >= 11 is 1.62. The van der Waals surface area contributed by atoms with Gasteiger partial charge >= 0.3 is 0 Å². The number of hydrogen-bond donors (Lipinski definition) is 1. The van der Waals surface area contributed by atoms with Crippen molar-refractivity contribution < 1.29 is 5.11 Å². The highest BCUT2D eigenvalue weighted by atomic mass is 32.1. The first-order valence-electron chi connectivity index (χ1n) is 8.21. The third-order valence-electron chi connectivity index (χ3n) is 3.94. The Morgan fingerprint density at radius 2 is 1.73 bits per heavy atom. The molecule has 0 aliphatic rings. The zero-order chi connectivity index (χ0) is 17.8. The molecule has 2 aromatic carbocycles. The molecule has 0 atom stereocenters. The fraction of sp³-hybridized carbons (Fsp3) is 0. The highest BCUT2D eigenvalue weighted by molar-refractivity contribution is 7.10. The van der Waals surface area contributed by atoms with Crippen LogP contribution in [0, 0.1) is 11.8 Å². The van der Waals surface area contributed by atoms with Crippen LogP contribution in [0.25, 0.3) is 23.1 Å². The van der Waals surface area contributed by atoms with Crippen LogP contribution in [-0.4, -0.2) is 10.1 Å². The summed E-state index contributed by atoms with van der Waals surface area (Å²) in [6, 6.07) is 21.3. The number of phenols is 1. The third-order valence-corrected chi connectivity index (χ3v) is 4.79. The number of aromatic hydroxyl groups is 1. The van der Waals surface area contributed by atoms with Gasteiger partial charge in [-0.25, -0.2) is 4.98 Å². The minimum absolute atomic E-state index is 0.197. The predicted octanol–water partition coefficient (Wildman–Crippen LogP) is 5.57. The summed E-state index contributed by atoms with van der Waals surface area (Å²) in [7, 11) is 0. The summed E-state index contributed by atoms with van der Waals surface area (Å²) in [5.41, 5.74) is 3.48. The Balaban J connectivity index is 1.62. The maximum Gasteiger partial charge on any atom is 0.141 e. The molecule has 0 unspecified atom stereocenters. The normalized spacial score (nSPS) is 10.8. The van der Waals surface area contributed by atoms with Crippen molar-refractivity contribution >= 4 is 34.4 Å². The molecule has 2 heterocycles. The summed E-state index contributed by atoms with van der Waals surface area (Å²) in [6.07, 6.45) is 3.96. The standard InChI is InChI=1S/C23H15NOS/c25-21-8-4-7-19-11-13-20(24-23(19)21)12-10-18-15-16-26-22(18)14-9-17-5-2-1-3-6-17/h1-8,10-13,15-16,25H/b12-10+. The smallest absolute Gasteiger partial charge is 0.141 e. The van der Waals surface area contributed by atoms with Crippen LogP contribution in [-0.2, 0) is 0 Å². The van der Waals surface area contributed by atoms with E-state index in [4.69, 9.17) is 0 Å². The van der Waals surface area contributed by atoms with Crippen molar-refractivity contribution in [1.82, 2.24) is 4.98 Å². The molecule has 1 N–H and O–H groups in total. The van der Waals surface area contributed by atoms with Crippen molar-refractivity contribution in [2.75, 3.05) is 0 Å². The number of benzene rings is 2. The minimum atomic E-state index is 0.197. The predicted molar refractivity (Wildman–Crippen MR) is 109 cm³/mol. The molecule has 0 radical (unpaired) electrons. The van der Waals surface area contributed by atoms with Crippen LogP contribution in [0.1, 0.15) is 21.7 Å². The number of hydrogen-bond acceptors (Lipinski definition) is 3. The molecule has 0 fully saturated rings. The fourth-order valence-electron chi connectivity index (χ4n) is 2.62. The first-order chi connectivity index (χ1) is 12.8. The molecule has 0 saturated carbocycles. The fourth-order valence-corrected chi connectivity index (χ4v) is 3.35. The van der Waals surface area contributed by atoms with Gasteiger partial charge in [0.1, 0.15) is 11.3 Å². The van der Waals surface area contributed by atoms with E-state index < -0.39 is 0 Å². The lowest BCUT2D eigenvalue weighted by Gasteiger charge is -2.01. The van der Waals surface area contributed by atoms with E-state index in [0.717, 1.165) is 27.1 Å². The number of pyridine rings is 1. The first kappa shape index (κ1) is 16.1. The maximum atomic E-state index is 9.97. The second kappa shape index (κ2) is 7.26. The minimum Gasteiger partial charge on any atom is -0.506 e. The summed E-state index contributed by atoms with van der Waals surface area (Å²) in [5.74, 6) is 6.63.